The van der Waals surface area contributed by atoms with Gasteiger partial charge in [0.2, 0.25) is 0 Å². The zero-order chi connectivity index (χ0) is 24.2. The molecule has 5 heteroatoms. The molecule has 34 heavy (non-hydrogen) atoms. The molecule has 1 unspecified atom stereocenters. The molecule has 4 aromatic rings. The van der Waals surface area contributed by atoms with Gasteiger partial charge in [-0.25, -0.2) is 4.98 Å². The Bertz CT molecular complexity index is 1370. The number of carbonyl (C=O) groups is 1. The van der Waals surface area contributed by atoms with Gasteiger partial charge in [0.25, 0.3) is 11.5 Å². The molecule has 1 heterocycles. The zero-order valence-electron chi connectivity index (χ0n) is 20.3. The summed E-state index contributed by atoms with van der Waals surface area (Å²) in [4.78, 5) is 34.1. The largest absolute Gasteiger partial charge is 0.329 e. The van der Waals surface area contributed by atoms with Crippen LogP contribution in [-0.4, -0.2) is 26.9 Å². The van der Waals surface area contributed by atoms with Crippen LogP contribution in [0.4, 0.5) is 0 Å². The lowest BCUT2D eigenvalue weighted by molar-refractivity contribution is 0.0672. The quantitative estimate of drug-likeness (QED) is 0.352. The number of hydrogen-bond acceptors (Lipinski definition) is 3. The van der Waals surface area contributed by atoms with E-state index in [1.54, 1.807) is 10.6 Å². The maximum Gasteiger partial charge on any atom is 0.266 e. The molecule has 0 saturated carbocycles. The molecule has 0 radical (unpaired) electrons. The lowest BCUT2D eigenvalue weighted by atomic mass is 10.1. The average Bonchev–Trinajstić information content (AvgIpc) is 2.87. The van der Waals surface area contributed by atoms with Crippen LogP contribution in [0.25, 0.3) is 16.6 Å². The molecule has 0 aliphatic carbocycles. The fourth-order valence-electron chi connectivity index (χ4n) is 4.49. The molecule has 0 aliphatic rings. The van der Waals surface area contributed by atoms with Crippen molar-refractivity contribution in [3.8, 4) is 5.69 Å². The van der Waals surface area contributed by atoms with Crippen molar-refractivity contribution in [1.82, 2.24) is 14.5 Å². The summed E-state index contributed by atoms with van der Waals surface area (Å²) in [5.41, 5.74) is 4.16. The van der Waals surface area contributed by atoms with E-state index in [-0.39, 0.29) is 17.5 Å². The zero-order valence-corrected chi connectivity index (χ0v) is 20.3. The van der Waals surface area contributed by atoms with Crippen molar-refractivity contribution in [3.05, 3.63) is 106 Å². The van der Waals surface area contributed by atoms with Crippen LogP contribution in [0.2, 0.25) is 0 Å². The summed E-state index contributed by atoms with van der Waals surface area (Å²) in [5, 5.41) is 0.562. The van der Waals surface area contributed by atoms with Crippen LogP contribution in [0.3, 0.4) is 0 Å². The van der Waals surface area contributed by atoms with Crippen molar-refractivity contribution in [2.75, 3.05) is 6.54 Å². The Labute approximate surface area is 200 Å². The third kappa shape index (κ3) is 4.38. The predicted molar refractivity (Wildman–Crippen MR) is 138 cm³/mol. The Balaban J connectivity index is 1.90. The van der Waals surface area contributed by atoms with Gasteiger partial charge in [-0.1, -0.05) is 50.2 Å². The molecule has 0 saturated heterocycles. The first-order valence-corrected chi connectivity index (χ1v) is 12.0. The van der Waals surface area contributed by atoms with Crippen molar-refractivity contribution in [2.45, 2.75) is 46.6 Å². The Morgan fingerprint density at radius 2 is 1.71 bits per heavy atom. The third-order valence-corrected chi connectivity index (χ3v) is 6.33. The fourth-order valence-corrected chi connectivity index (χ4v) is 4.49. The third-order valence-electron chi connectivity index (χ3n) is 6.33. The van der Waals surface area contributed by atoms with Gasteiger partial charge in [0.1, 0.15) is 5.82 Å². The number of aryl methyl sites for hydroxylation is 2. The number of amides is 1. The molecule has 1 aromatic heterocycles. The standard InChI is InChI=1S/C29H31N3O2/c1-5-21-15-17-22(18-16-21)28(33)31(7-3)26(6-2)27-30-25-14-9-8-13-24(25)29(34)32(27)23-12-10-11-20(4)19-23/h8-19,26H,5-7H2,1-4H3. The summed E-state index contributed by atoms with van der Waals surface area (Å²) in [6, 6.07) is 22.7. The molecule has 4 rings (SSSR count). The van der Waals surface area contributed by atoms with Crippen molar-refractivity contribution < 1.29 is 4.79 Å². The Kier molecular flexibility index (Phi) is 6.92. The van der Waals surface area contributed by atoms with Gasteiger partial charge in [-0.05, 0) is 74.2 Å². The number of fused-ring (bicyclic) bond motifs is 1. The highest BCUT2D eigenvalue weighted by molar-refractivity contribution is 5.94. The molecule has 0 N–H and O–H groups in total. The minimum Gasteiger partial charge on any atom is -0.329 e. The highest BCUT2D eigenvalue weighted by atomic mass is 16.2. The number of para-hydroxylation sites is 1. The average molecular weight is 454 g/mol. The highest BCUT2D eigenvalue weighted by Crippen LogP contribution is 2.27. The SMILES string of the molecule is CCc1ccc(C(=O)N(CC)C(CC)c2nc3ccccc3c(=O)n2-c2cccc(C)c2)cc1. The summed E-state index contributed by atoms with van der Waals surface area (Å²) in [5.74, 6) is 0.521. The lowest BCUT2D eigenvalue weighted by Gasteiger charge is -2.31. The van der Waals surface area contributed by atoms with E-state index in [9.17, 15) is 9.59 Å². The van der Waals surface area contributed by atoms with Gasteiger partial charge in [-0.15, -0.1) is 0 Å². The summed E-state index contributed by atoms with van der Waals surface area (Å²) < 4.78 is 1.68. The minimum atomic E-state index is -0.360. The number of hydrogen-bond donors (Lipinski definition) is 0. The molecule has 0 fully saturated rings. The van der Waals surface area contributed by atoms with E-state index < -0.39 is 0 Å². The van der Waals surface area contributed by atoms with Gasteiger partial charge in [0.15, 0.2) is 0 Å². The molecular weight excluding hydrogens is 422 g/mol. The fraction of sp³-hybridized carbons (Fsp3) is 0.276. The molecular formula is C29H31N3O2. The van der Waals surface area contributed by atoms with Crippen LogP contribution < -0.4 is 5.56 Å². The first-order chi connectivity index (χ1) is 16.5. The molecule has 0 bridgehead atoms. The van der Waals surface area contributed by atoms with E-state index in [0.717, 1.165) is 17.7 Å². The monoisotopic (exact) mass is 453 g/mol. The van der Waals surface area contributed by atoms with Gasteiger partial charge in [0, 0.05) is 12.1 Å². The topological polar surface area (TPSA) is 55.2 Å². The molecule has 3 aromatic carbocycles. The van der Waals surface area contributed by atoms with E-state index in [2.05, 4.69) is 6.92 Å². The minimum absolute atomic E-state index is 0.0600. The normalized spacial score (nSPS) is 12.0. The van der Waals surface area contributed by atoms with E-state index in [1.807, 2.05) is 92.4 Å². The van der Waals surface area contributed by atoms with Gasteiger partial charge in [0.05, 0.1) is 22.6 Å². The van der Waals surface area contributed by atoms with Crippen molar-refractivity contribution >= 4 is 16.8 Å². The number of rotatable bonds is 7. The summed E-state index contributed by atoms with van der Waals surface area (Å²) in [6.07, 6.45) is 1.55. The van der Waals surface area contributed by atoms with Gasteiger partial charge >= 0.3 is 0 Å². The molecule has 0 spiro atoms. The second-order valence-corrected chi connectivity index (χ2v) is 8.53. The first kappa shape index (κ1) is 23.4. The van der Waals surface area contributed by atoms with E-state index in [1.165, 1.54) is 5.56 Å². The predicted octanol–water partition coefficient (Wildman–Crippen LogP) is 5.87. The second kappa shape index (κ2) is 10.0. The van der Waals surface area contributed by atoms with Gasteiger partial charge in [-0.3, -0.25) is 14.2 Å². The molecule has 1 atom stereocenters. The van der Waals surface area contributed by atoms with Crippen molar-refractivity contribution in [3.63, 3.8) is 0 Å². The van der Waals surface area contributed by atoms with Crippen molar-refractivity contribution in [1.29, 1.82) is 0 Å². The second-order valence-electron chi connectivity index (χ2n) is 8.53. The lowest BCUT2D eigenvalue weighted by Crippen LogP contribution is -2.38. The Morgan fingerprint density at radius 1 is 0.971 bits per heavy atom. The van der Waals surface area contributed by atoms with Gasteiger partial charge in [-0.2, -0.15) is 0 Å². The Hall–Kier alpha value is -3.73. The van der Waals surface area contributed by atoms with E-state index in [0.29, 0.717) is 35.3 Å². The van der Waals surface area contributed by atoms with Crippen LogP contribution in [0.15, 0.2) is 77.6 Å². The molecule has 1 amide bonds. The molecule has 5 nitrogen and oxygen atoms in total. The van der Waals surface area contributed by atoms with Gasteiger partial charge < -0.3 is 4.90 Å². The summed E-state index contributed by atoms with van der Waals surface area (Å²) >= 11 is 0. The van der Waals surface area contributed by atoms with Crippen LogP contribution in [-0.2, 0) is 6.42 Å². The maximum absolute atomic E-state index is 13.7. The summed E-state index contributed by atoms with van der Waals surface area (Å²) in [7, 11) is 0. The highest BCUT2D eigenvalue weighted by Gasteiger charge is 2.28. The Morgan fingerprint density at radius 3 is 2.35 bits per heavy atom. The van der Waals surface area contributed by atoms with Crippen LogP contribution >= 0.6 is 0 Å². The van der Waals surface area contributed by atoms with Crippen LogP contribution in [0.1, 0.15) is 60.5 Å². The number of benzene rings is 3. The van der Waals surface area contributed by atoms with E-state index in [4.69, 9.17) is 4.98 Å². The van der Waals surface area contributed by atoms with Crippen LogP contribution in [0, 0.1) is 6.92 Å². The van der Waals surface area contributed by atoms with Crippen molar-refractivity contribution in [2.24, 2.45) is 0 Å². The number of nitrogens with zero attached hydrogens (tertiary/aromatic N) is 3. The van der Waals surface area contributed by atoms with Crippen LogP contribution in [0.5, 0.6) is 0 Å². The first-order valence-electron chi connectivity index (χ1n) is 12.0. The smallest absolute Gasteiger partial charge is 0.266 e. The number of aromatic nitrogens is 2. The maximum atomic E-state index is 13.7. The molecule has 0 aliphatic heterocycles. The number of carbonyl (C=O) groups excluding carboxylic acids is 1. The summed E-state index contributed by atoms with van der Waals surface area (Å²) in [6.45, 7) is 8.60. The van der Waals surface area contributed by atoms with E-state index >= 15 is 0 Å². The molecule has 174 valence electrons.